The number of carbonyl (C=O) groups excluding carboxylic acids is 4. The molecule has 4 heterocycles. The summed E-state index contributed by atoms with van der Waals surface area (Å²) in [5.41, 5.74) is -0.832. The zero-order chi connectivity index (χ0) is 42.0. The molecule has 4 aromatic rings. The van der Waals surface area contributed by atoms with Crippen molar-refractivity contribution in [2.45, 2.75) is 37.8 Å². The predicted molar refractivity (Wildman–Crippen MR) is 225 cm³/mol. The van der Waals surface area contributed by atoms with Crippen LogP contribution in [0.5, 0.6) is 0 Å². The number of carbonyl (C=O) groups is 4. The number of urea groups is 2. The van der Waals surface area contributed by atoms with Crippen molar-refractivity contribution in [3.05, 3.63) is 132 Å². The Kier molecular flexibility index (Phi) is 11.6. The number of nitrogens with zero attached hydrogens (tertiary/aromatic N) is 8. The first-order valence-corrected chi connectivity index (χ1v) is 20.9. The minimum Gasteiger partial charge on any atom is -0.369 e. The van der Waals surface area contributed by atoms with E-state index in [1.807, 2.05) is 29.2 Å². The molecule has 4 fully saturated rings. The highest BCUT2D eigenvalue weighted by molar-refractivity contribution is 6.11. The van der Waals surface area contributed by atoms with E-state index in [9.17, 15) is 28.0 Å². The van der Waals surface area contributed by atoms with Gasteiger partial charge in [-0.2, -0.15) is 0 Å². The van der Waals surface area contributed by atoms with Crippen LogP contribution in [0.25, 0.3) is 0 Å². The van der Waals surface area contributed by atoms with E-state index in [4.69, 9.17) is 0 Å². The molecule has 2 unspecified atom stereocenters. The van der Waals surface area contributed by atoms with Crippen LogP contribution in [0.2, 0.25) is 0 Å². The quantitative estimate of drug-likeness (QED) is 0.153. The lowest BCUT2D eigenvalue weighted by molar-refractivity contribution is -0.145. The van der Waals surface area contributed by atoms with Crippen LogP contribution in [-0.4, -0.2) is 132 Å². The largest absolute Gasteiger partial charge is 0.369 e. The van der Waals surface area contributed by atoms with Gasteiger partial charge in [0, 0.05) is 71.1 Å². The van der Waals surface area contributed by atoms with Crippen molar-refractivity contribution in [3.8, 4) is 0 Å². The summed E-state index contributed by atoms with van der Waals surface area (Å²) in [7, 11) is 0. The molecule has 0 aliphatic carbocycles. The van der Waals surface area contributed by atoms with Crippen molar-refractivity contribution in [2.75, 3.05) is 88.3 Å². The third kappa shape index (κ3) is 7.47. The molecule has 4 aromatic carbocycles. The number of halogens is 2. The molecule has 0 N–H and O–H groups in total. The highest BCUT2D eigenvalue weighted by atomic mass is 19.1. The second kappa shape index (κ2) is 17.0. The molecule has 0 radical (unpaired) electrons. The molecule has 314 valence electrons. The summed E-state index contributed by atoms with van der Waals surface area (Å²) in [5, 5.41) is 2.47. The monoisotopic (exact) mass is 818 g/mol. The van der Waals surface area contributed by atoms with Crippen LogP contribution in [0.3, 0.4) is 0 Å². The normalized spacial score (nSPS) is 23.1. The third-order valence-electron chi connectivity index (χ3n) is 12.7. The van der Waals surface area contributed by atoms with Crippen LogP contribution in [0, 0.1) is 11.6 Å². The molecule has 0 bridgehead atoms. The number of imide groups is 2. The summed E-state index contributed by atoms with van der Waals surface area (Å²) in [5.74, 6) is -1.47. The van der Waals surface area contributed by atoms with E-state index in [1.54, 1.807) is 80.6 Å². The van der Waals surface area contributed by atoms with Gasteiger partial charge in [0.15, 0.2) is 11.1 Å². The average molecular weight is 819 g/mol. The molecule has 0 spiro atoms. The van der Waals surface area contributed by atoms with Gasteiger partial charge in [-0.05, 0) is 81.2 Å². The second-order valence-corrected chi connectivity index (χ2v) is 16.3. The standard InChI is InChI=1S/C46H52F2N8O4/c1-45(35-14-5-3-6-15-35)41(57)53(24-12-22-49-26-30-51(31-27-49)38-19-11-18-37(47)34-38)43(59)55(45)56-44(60)54(42(58)46(56,2)36-16-7-4-8-17-36)25-13-23-50-28-32-52(33-29-50)40-21-10-9-20-39(40)48/h3-11,14-21,34H,12-13,22-33H2,1-2H3. The van der Waals surface area contributed by atoms with Crippen LogP contribution in [0.4, 0.5) is 29.7 Å². The van der Waals surface area contributed by atoms with Crippen LogP contribution < -0.4 is 9.80 Å². The van der Waals surface area contributed by atoms with Crippen molar-refractivity contribution in [1.82, 2.24) is 29.6 Å². The summed E-state index contributed by atoms with van der Waals surface area (Å²) in [6.07, 6.45) is 0.987. The smallest absolute Gasteiger partial charge is 0.347 e. The molecule has 4 aliphatic heterocycles. The molecule has 4 aliphatic rings. The molecular weight excluding hydrogens is 767 g/mol. The molecule has 0 aromatic heterocycles. The molecule has 60 heavy (non-hydrogen) atoms. The van der Waals surface area contributed by atoms with E-state index in [-0.39, 0.29) is 24.7 Å². The molecule has 12 nitrogen and oxygen atoms in total. The fraction of sp³-hybridized carbons (Fsp3) is 0.391. The highest BCUT2D eigenvalue weighted by Crippen LogP contribution is 2.47. The lowest BCUT2D eigenvalue weighted by atomic mass is 9.89. The molecule has 4 saturated heterocycles. The summed E-state index contributed by atoms with van der Waals surface area (Å²) >= 11 is 0. The number of amides is 6. The van der Waals surface area contributed by atoms with E-state index < -0.39 is 35.0 Å². The lowest BCUT2D eigenvalue weighted by Crippen LogP contribution is -2.61. The number of rotatable bonds is 13. The van der Waals surface area contributed by atoms with E-state index >= 15 is 0 Å². The summed E-state index contributed by atoms with van der Waals surface area (Å²) < 4.78 is 28.3. The minimum atomic E-state index is -1.65. The summed E-state index contributed by atoms with van der Waals surface area (Å²) in [6, 6.07) is 29.9. The minimum absolute atomic E-state index is 0.109. The van der Waals surface area contributed by atoms with Crippen LogP contribution >= 0.6 is 0 Å². The molecule has 6 amide bonds. The third-order valence-corrected chi connectivity index (χ3v) is 12.7. The maximum atomic E-state index is 14.9. The number of hydrogen-bond donors (Lipinski definition) is 0. The molecular formula is C46H52F2N8O4. The van der Waals surface area contributed by atoms with Gasteiger partial charge < -0.3 is 9.80 Å². The number of hydrogen-bond acceptors (Lipinski definition) is 8. The van der Waals surface area contributed by atoms with E-state index in [0.29, 0.717) is 68.9 Å². The number of piperazine rings is 2. The predicted octanol–water partition coefficient (Wildman–Crippen LogP) is 5.96. The fourth-order valence-electron chi connectivity index (χ4n) is 9.20. The number of hydrazine groups is 1. The Bertz CT molecular complexity index is 2200. The maximum absolute atomic E-state index is 14.9. The topological polar surface area (TPSA) is 94.2 Å². The Balaban J connectivity index is 0.997. The summed E-state index contributed by atoms with van der Waals surface area (Å²) in [4.78, 5) is 70.4. The van der Waals surface area contributed by atoms with E-state index in [2.05, 4.69) is 14.7 Å². The first-order chi connectivity index (χ1) is 29.0. The summed E-state index contributed by atoms with van der Waals surface area (Å²) in [6.45, 7) is 10.4. The van der Waals surface area contributed by atoms with Crippen molar-refractivity contribution in [3.63, 3.8) is 0 Å². The lowest BCUT2D eigenvalue weighted by Gasteiger charge is -2.43. The number of anilines is 2. The molecule has 14 heteroatoms. The first-order valence-electron chi connectivity index (χ1n) is 20.9. The van der Waals surface area contributed by atoms with Gasteiger partial charge in [0.25, 0.3) is 11.8 Å². The van der Waals surface area contributed by atoms with E-state index in [0.717, 1.165) is 31.9 Å². The van der Waals surface area contributed by atoms with Crippen LogP contribution in [-0.2, 0) is 20.7 Å². The van der Waals surface area contributed by atoms with Gasteiger partial charge in [0.2, 0.25) is 0 Å². The van der Waals surface area contributed by atoms with Crippen molar-refractivity contribution < 1.29 is 28.0 Å². The Morgan fingerprint density at radius 1 is 0.500 bits per heavy atom. The maximum Gasteiger partial charge on any atom is 0.347 e. The van der Waals surface area contributed by atoms with Crippen molar-refractivity contribution in [1.29, 1.82) is 0 Å². The Morgan fingerprint density at radius 3 is 1.42 bits per heavy atom. The number of para-hydroxylation sites is 1. The van der Waals surface area contributed by atoms with Gasteiger partial charge in [0.05, 0.1) is 5.69 Å². The Hall–Kier alpha value is -5.86. The second-order valence-electron chi connectivity index (χ2n) is 16.3. The SMILES string of the molecule is CC1(c2ccccc2)C(=O)N(CCCN2CCN(c3cccc(F)c3)CC2)C(=O)N1N1C(=O)N(CCCN2CCN(c3ccccc3F)CC2)C(=O)C1(C)c1ccccc1. The molecule has 0 saturated carbocycles. The Morgan fingerprint density at radius 2 is 0.950 bits per heavy atom. The zero-order valence-corrected chi connectivity index (χ0v) is 34.3. The van der Waals surface area contributed by atoms with Crippen molar-refractivity contribution >= 4 is 35.3 Å². The van der Waals surface area contributed by atoms with Gasteiger partial charge in [-0.25, -0.2) is 28.4 Å². The van der Waals surface area contributed by atoms with Gasteiger partial charge >= 0.3 is 12.1 Å². The van der Waals surface area contributed by atoms with Crippen LogP contribution in [0.15, 0.2) is 109 Å². The van der Waals surface area contributed by atoms with Gasteiger partial charge in [-0.3, -0.25) is 29.2 Å². The fourth-order valence-corrected chi connectivity index (χ4v) is 9.20. The van der Waals surface area contributed by atoms with Gasteiger partial charge in [0.1, 0.15) is 11.6 Å². The van der Waals surface area contributed by atoms with E-state index in [1.165, 1.54) is 38.0 Å². The molecule has 2 atom stereocenters. The first kappa shape index (κ1) is 40.9. The highest BCUT2D eigenvalue weighted by Gasteiger charge is 2.66. The van der Waals surface area contributed by atoms with Crippen molar-refractivity contribution in [2.24, 2.45) is 0 Å². The number of benzene rings is 4. The van der Waals surface area contributed by atoms with Gasteiger partial charge in [-0.1, -0.05) is 78.9 Å². The van der Waals surface area contributed by atoms with Gasteiger partial charge in [-0.15, -0.1) is 0 Å². The Labute approximate surface area is 350 Å². The van der Waals surface area contributed by atoms with Crippen LogP contribution in [0.1, 0.15) is 37.8 Å². The zero-order valence-electron chi connectivity index (χ0n) is 34.3. The average Bonchev–Trinajstić information content (AvgIpc) is 3.58. The molecule has 8 rings (SSSR count).